The van der Waals surface area contributed by atoms with Crippen molar-refractivity contribution in [2.75, 3.05) is 6.54 Å². The third-order valence-corrected chi connectivity index (χ3v) is 3.28. The lowest BCUT2D eigenvalue weighted by Gasteiger charge is -2.34. The van der Waals surface area contributed by atoms with E-state index >= 15 is 0 Å². The molecule has 0 saturated carbocycles. The number of hydrogen-bond donors (Lipinski definition) is 2. The van der Waals surface area contributed by atoms with Crippen LogP contribution in [0.25, 0.3) is 10.4 Å². The van der Waals surface area contributed by atoms with Gasteiger partial charge in [-0.05, 0) is 24.8 Å². The molecule has 0 fully saturated rings. The molecule has 2 N–H and O–H groups in total. The van der Waals surface area contributed by atoms with Gasteiger partial charge >= 0.3 is 0 Å². The number of rotatable bonds is 9. The highest BCUT2D eigenvalue weighted by atomic mass is 16.3. The Labute approximate surface area is 108 Å². The Balaban J connectivity index is 4.71. The van der Waals surface area contributed by atoms with Crippen LogP contribution in [0.5, 0.6) is 0 Å². The summed E-state index contributed by atoms with van der Waals surface area (Å²) in [7, 11) is 0. The topological polar surface area (TPSA) is 106 Å². The normalized spacial score (nSPS) is 19.2. The van der Waals surface area contributed by atoms with E-state index in [1.165, 1.54) is 6.92 Å². The number of nitrogens with zero attached hydrogens (tertiary/aromatic N) is 3. The number of aliphatic hydroxyl groups excluding tert-OH is 1. The van der Waals surface area contributed by atoms with Gasteiger partial charge in [0.2, 0.25) is 0 Å². The number of carbonyl (C=O) groups excluding carboxylic acids is 1. The Bertz CT molecular complexity index is 301. The summed E-state index contributed by atoms with van der Waals surface area (Å²) in [5.41, 5.74) is 6.64. The van der Waals surface area contributed by atoms with E-state index in [4.69, 9.17) is 5.53 Å². The van der Waals surface area contributed by atoms with Gasteiger partial charge in [0.1, 0.15) is 6.29 Å². The number of hydrogen-bond acceptors (Lipinski definition) is 4. The fourth-order valence-electron chi connectivity index (χ4n) is 1.92. The van der Waals surface area contributed by atoms with E-state index in [0.29, 0.717) is 6.29 Å². The van der Waals surface area contributed by atoms with Crippen LogP contribution in [-0.4, -0.2) is 34.7 Å². The highest BCUT2D eigenvalue weighted by molar-refractivity contribution is 5.55. The molecule has 0 heterocycles. The largest absolute Gasteiger partial charge is 0.389 e. The first kappa shape index (κ1) is 16.9. The summed E-state index contributed by atoms with van der Waals surface area (Å²) < 4.78 is 0. The lowest BCUT2D eigenvalue weighted by atomic mass is 9.80. The minimum atomic E-state index is -1.59. The van der Waals surface area contributed by atoms with Gasteiger partial charge in [0.15, 0.2) is 0 Å². The molecule has 0 rings (SSSR count). The highest BCUT2D eigenvalue weighted by Crippen LogP contribution is 2.26. The van der Waals surface area contributed by atoms with Crippen molar-refractivity contribution in [1.82, 2.24) is 0 Å². The molecule has 18 heavy (non-hydrogen) atoms. The summed E-state index contributed by atoms with van der Waals surface area (Å²) in [4.78, 5) is 13.6. The highest BCUT2D eigenvalue weighted by Gasteiger charge is 2.38. The minimum Gasteiger partial charge on any atom is -0.389 e. The molecule has 0 bridgehead atoms. The molecule has 6 nitrogen and oxygen atoms in total. The fraction of sp³-hybridized carbons (Fsp3) is 0.917. The van der Waals surface area contributed by atoms with Crippen molar-refractivity contribution in [1.29, 1.82) is 0 Å². The number of aldehydes is 1. The van der Waals surface area contributed by atoms with Gasteiger partial charge in [0.05, 0.1) is 18.2 Å². The minimum absolute atomic E-state index is 0.0185. The molecule has 0 radical (unpaired) electrons. The third-order valence-electron chi connectivity index (χ3n) is 3.28. The van der Waals surface area contributed by atoms with Crippen molar-refractivity contribution in [2.24, 2.45) is 17.0 Å². The molecular formula is C12H23N3O3. The van der Waals surface area contributed by atoms with Crippen LogP contribution >= 0.6 is 0 Å². The fourth-order valence-corrected chi connectivity index (χ4v) is 1.92. The first-order valence-electron chi connectivity index (χ1n) is 6.27. The molecule has 0 aliphatic carbocycles. The number of carbonyl (C=O) groups is 1. The summed E-state index contributed by atoms with van der Waals surface area (Å²) in [6.07, 6.45) is 2.24. The monoisotopic (exact) mass is 257 g/mol. The Morgan fingerprint density at radius 1 is 1.56 bits per heavy atom. The molecule has 0 aliphatic rings. The number of azide groups is 1. The van der Waals surface area contributed by atoms with E-state index in [2.05, 4.69) is 16.9 Å². The maximum absolute atomic E-state index is 11.1. The van der Waals surface area contributed by atoms with Gasteiger partial charge in [0.25, 0.3) is 0 Å². The van der Waals surface area contributed by atoms with Crippen LogP contribution in [0.3, 0.4) is 0 Å². The molecule has 6 heteroatoms. The van der Waals surface area contributed by atoms with Crippen molar-refractivity contribution in [3.05, 3.63) is 10.4 Å². The predicted molar refractivity (Wildman–Crippen MR) is 68.9 cm³/mol. The van der Waals surface area contributed by atoms with E-state index < -0.39 is 17.6 Å². The van der Waals surface area contributed by atoms with Crippen molar-refractivity contribution in [3.63, 3.8) is 0 Å². The van der Waals surface area contributed by atoms with Crippen LogP contribution in [0.15, 0.2) is 5.11 Å². The standard InChI is InChI=1S/C12H23N3O3/c1-4-5-6-9(2)10(7-16)11(17)12(3,18)8-14-15-13/h7,9-11,17-18H,4-6,8H2,1-3H3/t9?,10-,11?,12-/m1/s1. The second-order valence-corrected chi connectivity index (χ2v) is 5.02. The smallest absolute Gasteiger partial charge is 0.126 e. The molecular weight excluding hydrogens is 234 g/mol. The van der Waals surface area contributed by atoms with Gasteiger partial charge in [-0.1, -0.05) is 31.8 Å². The van der Waals surface area contributed by atoms with Gasteiger partial charge < -0.3 is 15.0 Å². The molecule has 4 atom stereocenters. The molecule has 0 aromatic rings. The molecule has 104 valence electrons. The molecule has 0 aliphatic heterocycles. The summed E-state index contributed by atoms with van der Waals surface area (Å²) >= 11 is 0. The number of unbranched alkanes of at least 4 members (excludes halogenated alkanes) is 1. The zero-order valence-electron chi connectivity index (χ0n) is 11.3. The first-order valence-corrected chi connectivity index (χ1v) is 6.27. The predicted octanol–water partition coefficient (Wildman–Crippen LogP) is 2.05. The van der Waals surface area contributed by atoms with Gasteiger partial charge in [0, 0.05) is 10.8 Å². The van der Waals surface area contributed by atoms with Crippen molar-refractivity contribution < 1.29 is 15.0 Å². The molecule has 0 saturated heterocycles. The Morgan fingerprint density at radius 3 is 2.61 bits per heavy atom. The Kier molecular flexibility index (Phi) is 7.59. The maximum atomic E-state index is 11.1. The van der Waals surface area contributed by atoms with Crippen molar-refractivity contribution in [2.45, 2.75) is 51.7 Å². The van der Waals surface area contributed by atoms with E-state index in [1.54, 1.807) is 0 Å². The zero-order chi connectivity index (χ0) is 14.2. The summed E-state index contributed by atoms with van der Waals surface area (Å²) in [6, 6.07) is 0. The Morgan fingerprint density at radius 2 is 2.17 bits per heavy atom. The second kappa shape index (κ2) is 8.08. The average Bonchev–Trinajstić information content (AvgIpc) is 2.34. The lowest BCUT2D eigenvalue weighted by molar-refractivity contribution is -0.129. The molecule has 0 aromatic heterocycles. The third kappa shape index (κ3) is 5.04. The van der Waals surface area contributed by atoms with Crippen LogP contribution in [0.4, 0.5) is 0 Å². The zero-order valence-corrected chi connectivity index (χ0v) is 11.3. The van der Waals surface area contributed by atoms with E-state index in [1.807, 2.05) is 6.92 Å². The van der Waals surface area contributed by atoms with Crippen molar-refractivity contribution >= 4 is 6.29 Å². The molecule has 0 spiro atoms. The van der Waals surface area contributed by atoms with Crippen LogP contribution in [0.2, 0.25) is 0 Å². The SMILES string of the molecule is CCCCC(C)[C@@H](C=O)C(O)[C@](C)(O)CN=[N+]=[N-]. The summed E-state index contributed by atoms with van der Waals surface area (Å²) in [5, 5.41) is 23.3. The van der Waals surface area contributed by atoms with Crippen LogP contribution in [-0.2, 0) is 4.79 Å². The number of aliphatic hydroxyl groups is 2. The molecule has 2 unspecified atom stereocenters. The van der Waals surface area contributed by atoms with E-state index in [0.717, 1.165) is 19.3 Å². The summed E-state index contributed by atoms with van der Waals surface area (Å²) in [5.74, 6) is -0.671. The van der Waals surface area contributed by atoms with E-state index in [-0.39, 0.29) is 12.5 Å². The second-order valence-electron chi connectivity index (χ2n) is 5.02. The van der Waals surface area contributed by atoms with Gasteiger partial charge in [-0.3, -0.25) is 0 Å². The van der Waals surface area contributed by atoms with Crippen LogP contribution in [0, 0.1) is 11.8 Å². The van der Waals surface area contributed by atoms with Crippen LogP contribution < -0.4 is 0 Å². The van der Waals surface area contributed by atoms with Gasteiger partial charge in [-0.2, -0.15) is 0 Å². The molecule has 0 amide bonds. The maximum Gasteiger partial charge on any atom is 0.126 e. The molecule has 0 aromatic carbocycles. The first-order chi connectivity index (χ1) is 8.40. The average molecular weight is 257 g/mol. The lowest BCUT2D eigenvalue weighted by Crippen LogP contribution is -2.48. The summed E-state index contributed by atoms with van der Waals surface area (Å²) in [6.45, 7) is 5.04. The van der Waals surface area contributed by atoms with Crippen molar-refractivity contribution in [3.8, 4) is 0 Å². The van der Waals surface area contributed by atoms with Gasteiger partial charge in [-0.25, -0.2) is 0 Å². The van der Waals surface area contributed by atoms with Gasteiger partial charge in [-0.15, -0.1) is 0 Å². The quantitative estimate of drug-likeness (QED) is 0.285. The van der Waals surface area contributed by atoms with Crippen LogP contribution in [0.1, 0.15) is 40.0 Å². The van der Waals surface area contributed by atoms with E-state index in [9.17, 15) is 15.0 Å². The Hall–Kier alpha value is -1.10.